The van der Waals surface area contributed by atoms with E-state index < -0.39 is 0 Å². The van der Waals surface area contributed by atoms with Gasteiger partial charge >= 0.3 is 0 Å². The summed E-state index contributed by atoms with van der Waals surface area (Å²) < 4.78 is 5.95. The van der Waals surface area contributed by atoms with Crippen LogP contribution in [0.25, 0.3) is 0 Å². The van der Waals surface area contributed by atoms with Gasteiger partial charge in [0, 0.05) is 35.6 Å². The van der Waals surface area contributed by atoms with E-state index >= 15 is 0 Å². The van der Waals surface area contributed by atoms with E-state index in [2.05, 4.69) is 21.2 Å². The smallest absolute Gasteiger partial charge is 0.243 e. The van der Waals surface area contributed by atoms with Crippen molar-refractivity contribution in [3.63, 3.8) is 0 Å². The third kappa shape index (κ3) is 6.53. The molecular formula is C20H21BrN2O4. The average molecular weight is 433 g/mol. The Bertz CT molecular complexity index is 804. The summed E-state index contributed by atoms with van der Waals surface area (Å²) in [6.45, 7) is -0.0860. The number of carbonyl (C=O) groups is 3. The zero-order valence-electron chi connectivity index (χ0n) is 15.2. The van der Waals surface area contributed by atoms with Crippen molar-refractivity contribution in [2.45, 2.75) is 12.8 Å². The molecule has 0 saturated heterocycles. The summed E-state index contributed by atoms with van der Waals surface area (Å²) in [4.78, 5) is 37.7. The molecule has 0 unspecified atom stereocenters. The van der Waals surface area contributed by atoms with Gasteiger partial charge in [-0.25, -0.2) is 0 Å². The van der Waals surface area contributed by atoms with Crippen LogP contribution in [0, 0.1) is 0 Å². The van der Waals surface area contributed by atoms with Crippen molar-refractivity contribution in [1.82, 2.24) is 4.90 Å². The molecule has 0 fully saturated rings. The highest BCUT2D eigenvalue weighted by molar-refractivity contribution is 9.10. The van der Waals surface area contributed by atoms with Gasteiger partial charge in [0.25, 0.3) is 0 Å². The van der Waals surface area contributed by atoms with Crippen molar-refractivity contribution in [2.75, 3.05) is 26.0 Å². The predicted octanol–water partition coefficient (Wildman–Crippen LogP) is 3.52. The van der Waals surface area contributed by atoms with Gasteiger partial charge in [-0.3, -0.25) is 14.4 Å². The van der Waals surface area contributed by atoms with Crippen molar-refractivity contribution in [3.05, 3.63) is 58.6 Å². The summed E-state index contributed by atoms with van der Waals surface area (Å²) in [6, 6.07) is 13.9. The Hall–Kier alpha value is -2.67. The number of nitrogens with one attached hydrogen (secondary N) is 1. The summed E-state index contributed by atoms with van der Waals surface area (Å²) in [7, 11) is 3.11. The molecule has 2 aromatic rings. The van der Waals surface area contributed by atoms with E-state index in [1.807, 2.05) is 0 Å². The number of hydrogen-bond donors (Lipinski definition) is 1. The van der Waals surface area contributed by atoms with Gasteiger partial charge in [-0.2, -0.15) is 0 Å². The number of halogens is 1. The number of rotatable bonds is 8. The van der Waals surface area contributed by atoms with Crippen molar-refractivity contribution >= 4 is 39.2 Å². The van der Waals surface area contributed by atoms with E-state index in [0.29, 0.717) is 17.0 Å². The first-order valence-corrected chi connectivity index (χ1v) is 9.15. The first kappa shape index (κ1) is 20.6. The summed E-state index contributed by atoms with van der Waals surface area (Å²) >= 11 is 3.31. The molecule has 0 radical (unpaired) electrons. The van der Waals surface area contributed by atoms with Crippen molar-refractivity contribution < 1.29 is 19.1 Å². The topological polar surface area (TPSA) is 75.7 Å². The first-order valence-electron chi connectivity index (χ1n) is 8.35. The van der Waals surface area contributed by atoms with Crippen LogP contribution in [0.1, 0.15) is 23.2 Å². The Labute approximate surface area is 166 Å². The lowest BCUT2D eigenvalue weighted by Crippen LogP contribution is -2.35. The molecule has 6 nitrogen and oxygen atoms in total. The van der Waals surface area contributed by atoms with Crippen LogP contribution in [0.15, 0.2) is 53.0 Å². The molecule has 0 aromatic heterocycles. The van der Waals surface area contributed by atoms with Crippen molar-refractivity contribution in [3.8, 4) is 5.75 Å². The number of amides is 2. The number of likely N-dealkylation sites (N-methyl/N-ethyl adjacent to an activating group) is 1. The van der Waals surface area contributed by atoms with Crippen LogP contribution in [0.4, 0.5) is 5.69 Å². The molecule has 0 atom stereocenters. The molecule has 0 aliphatic rings. The number of ether oxygens (including phenoxy) is 1. The first-order chi connectivity index (χ1) is 12.9. The van der Waals surface area contributed by atoms with Crippen LogP contribution >= 0.6 is 15.9 Å². The highest BCUT2D eigenvalue weighted by Gasteiger charge is 2.15. The Balaban J connectivity index is 1.79. The number of nitrogens with zero attached hydrogens (tertiary/aromatic N) is 1. The molecule has 0 spiro atoms. The second-order valence-electron chi connectivity index (χ2n) is 5.96. The van der Waals surface area contributed by atoms with Crippen LogP contribution < -0.4 is 10.1 Å². The van der Waals surface area contributed by atoms with Gasteiger partial charge in [-0.1, -0.05) is 28.1 Å². The number of benzene rings is 2. The van der Waals surface area contributed by atoms with Gasteiger partial charge < -0.3 is 15.0 Å². The largest absolute Gasteiger partial charge is 0.497 e. The van der Waals surface area contributed by atoms with E-state index in [9.17, 15) is 14.4 Å². The lowest BCUT2D eigenvalue weighted by atomic mass is 10.1. The maximum Gasteiger partial charge on any atom is 0.243 e. The molecule has 0 aliphatic heterocycles. The number of anilines is 1. The minimum Gasteiger partial charge on any atom is -0.497 e. The molecular weight excluding hydrogens is 412 g/mol. The van der Waals surface area contributed by atoms with Gasteiger partial charge in [-0.15, -0.1) is 0 Å². The minimum absolute atomic E-state index is 0.0568. The lowest BCUT2D eigenvalue weighted by molar-refractivity contribution is -0.133. The Morgan fingerprint density at radius 3 is 2.22 bits per heavy atom. The number of ketones is 1. The SMILES string of the molecule is COc1ccc(NC(=O)CN(C)C(=O)CCC(=O)c2ccc(Br)cc2)cc1. The van der Waals surface area contributed by atoms with Crippen LogP contribution in [0.2, 0.25) is 0 Å². The van der Waals surface area contributed by atoms with Crippen molar-refractivity contribution in [1.29, 1.82) is 0 Å². The number of hydrogen-bond acceptors (Lipinski definition) is 4. The van der Waals surface area contributed by atoms with Crippen LogP contribution in [-0.2, 0) is 9.59 Å². The van der Waals surface area contributed by atoms with Gasteiger partial charge in [0.1, 0.15) is 5.75 Å². The molecule has 0 bridgehead atoms. The molecule has 0 aliphatic carbocycles. The summed E-state index contributed by atoms with van der Waals surface area (Å²) in [5.74, 6) is 0.0169. The predicted molar refractivity (Wildman–Crippen MR) is 107 cm³/mol. The van der Waals surface area contributed by atoms with Gasteiger partial charge in [0.2, 0.25) is 11.8 Å². The third-order valence-electron chi connectivity index (χ3n) is 3.91. The molecule has 27 heavy (non-hydrogen) atoms. The zero-order valence-corrected chi connectivity index (χ0v) is 16.8. The quantitative estimate of drug-likeness (QED) is 0.647. The maximum atomic E-state index is 12.2. The fraction of sp³-hybridized carbons (Fsp3) is 0.250. The minimum atomic E-state index is -0.310. The highest BCUT2D eigenvalue weighted by atomic mass is 79.9. The van der Waals surface area contributed by atoms with E-state index in [-0.39, 0.29) is 37.0 Å². The monoisotopic (exact) mass is 432 g/mol. The maximum absolute atomic E-state index is 12.2. The molecule has 142 valence electrons. The molecule has 1 N–H and O–H groups in total. The Morgan fingerprint density at radius 2 is 1.63 bits per heavy atom. The van der Waals surface area contributed by atoms with E-state index in [4.69, 9.17) is 4.74 Å². The van der Waals surface area contributed by atoms with Gasteiger partial charge in [0.05, 0.1) is 13.7 Å². The average Bonchev–Trinajstić information content (AvgIpc) is 2.66. The zero-order chi connectivity index (χ0) is 19.8. The normalized spacial score (nSPS) is 10.2. The summed E-state index contributed by atoms with van der Waals surface area (Å²) in [6.07, 6.45) is 0.159. The second-order valence-corrected chi connectivity index (χ2v) is 6.87. The Morgan fingerprint density at radius 1 is 1.00 bits per heavy atom. The lowest BCUT2D eigenvalue weighted by Gasteiger charge is -2.16. The molecule has 2 amide bonds. The number of methoxy groups -OCH3 is 1. The molecule has 2 rings (SSSR count). The van der Waals surface area contributed by atoms with Crippen LogP contribution in [-0.4, -0.2) is 43.2 Å². The molecule has 0 heterocycles. The second kappa shape index (κ2) is 9.87. The van der Waals surface area contributed by atoms with E-state index in [0.717, 1.165) is 4.47 Å². The number of Topliss-reactive ketones (excluding diaryl/α,β-unsaturated/α-hetero) is 1. The summed E-state index contributed by atoms with van der Waals surface area (Å²) in [5.41, 5.74) is 1.18. The van der Waals surface area contributed by atoms with E-state index in [1.165, 1.54) is 4.90 Å². The van der Waals surface area contributed by atoms with Gasteiger partial charge in [0.15, 0.2) is 5.78 Å². The van der Waals surface area contributed by atoms with Gasteiger partial charge in [-0.05, 0) is 36.4 Å². The Kier molecular flexibility index (Phi) is 7.55. The molecule has 7 heteroatoms. The standard InChI is InChI=1S/C20H21BrN2O4/c1-23(13-19(25)22-16-7-9-17(27-2)10-8-16)20(26)12-11-18(24)14-3-5-15(21)6-4-14/h3-10H,11-13H2,1-2H3,(H,22,25). The van der Waals surface area contributed by atoms with Crippen LogP contribution in [0.5, 0.6) is 5.75 Å². The number of carbonyl (C=O) groups excluding carboxylic acids is 3. The summed E-state index contributed by atoms with van der Waals surface area (Å²) in [5, 5.41) is 2.72. The fourth-order valence-corrected chi connectivity index (χ4v) is 2.63. The van der Waals surface area contributed by atoms with E-state index in [1.54, 1.807) is 62.7 Å². The molecule has 2 aromatic carbocycles. The third-order valence-corrected chi connectivity index (χ3v) is 4.44. The van der Waals surface area contributed by atoms with Crippen LogP contribution in [0.3, 0.4) is 0 Å². The fourth-order valence-electron chi connectivity index (χ4n) is 2.37. The highest BCUT2D eigenvalue weighted by Crippen LogP contribution is 2.15. The molecule has 0 saturated carbocycles. The van der Waals surface area contributed by atoms with Crippen molar-refractivity contribution in [2.24, 2.45) is 0 Å².